The van der Waals surface area contributed by atoms with E-state index in [2.05, 4.69) is 13.5 Å². The molecule has 37 heavy (non-hydrogen) atoms. The van der Waals surface area contributed by atoms with Gasteiger partial charge in [-0.1, -0.05) is 12.6 Å². The molecule has 2 aromatic rings. The SMILES string of the molecule is C=C(C1=C(C)[C@H](Oc2ccc3c(c2)OC[C@H]3CC(=O)O)CC1)c1c(C)cc(OC(C)(C)C(N)=O)cc1C. The van der Waals surface area contributed by atoms with Gasteiger partial charge < -0.3 is 25.1 Å². The lowest BCUT2D eigenvalue weighted by Gasteiger charge is -2.24. The fourth-order valence-corrected chi connectivity index (χ4v) is 5.25. The van der Waals surface area contributed by atoms with Gasteiger partial charge in [-0.25, -0.2) is 0 Å². The largest absolute Gasteiger partial charge is 0.492 e. The number of carboxylic acids is 1. The maximum atomic E-state index is 11.7. The molecule has 196 valence electrons. The Morgan fingerprint density at radius 1 is 1.14 bits per heavy atom. The molecule has 2 aliphatic rings. The summed E-state index contributed by atoms with van der Waals surface area (Å²) >= 11 is 0. The number of carboxylic acid groups (broad SMARTS) is 1. The minimum Gasteiger partial charge on any atom is -0.492 e. The Kier molecular flexibility index (Phi) is 7.09. The van der Waals surface area contributed by atoms with Gasteiger partial charge in [0.1, 0.15) is 23.4 Å². The molecule has 0 saturated heterocycles. The second-order valence-corrected chi connectivity index (χ2v) is 10.5. The summed E-state index contributed by atoms with van der Waals surface area (Å²) in [6.07, 6.45) is 1.66. The summed E-state index contributed by atoms with van der Waals surface area (Å²) in [6, 6.07) is 9.49. The number of hydrogen-bond acceptors (Lipinski definition) is 5. The van der Waals surface area contributed by atoms with Gasteiger partial charge in [0, 0.05) is 17.5 Å². The first-order valence-corrected chi connectivity index (χ1v) is 12.5. The van der Waals surface area contributed by atoms with Crippen LogP contribution in [0.15, 0.2) is 48.1 Å². The third-order valence-electron chi connectivity index (χ3n) is 7.32. The molecule has 0 aromatic heterocycles. The van der Waals surface area contributed by atoms with Crippen LogP contribution in [0.4, 0.5) is 0 Å². The number of ether oxygens (including phenoxy) is 3. The van der Waals surface area contributed by atoms with Crippen molar-refractivity contribution in [1.29, 1.82) is 0 Å². The number of aryl methyl sites for hydroxylation is 2. The smallest absolute Gasteiger partial charge is 0.304 e. The summed E-state index contributed by atoms with van der Waals surface area (Å²) in [5, 5.41) is 9.12. The highest BCUT2D eigenvalue weighted by Crippen LogP contribution is 2.42. The Balaban J connectivity index is 1.51. The van der Waals surface area contributed by atoms with Crippen molar-refractivity contribution in [2.24, 2.45) is 5.73 Å². The maximum Gasteiger partial charge on any atom is 0.304 e. The number of nitrogens with two attached hydrogens (primary N) is 1. The predicted octanol–water partition coefficient (Wildman–Crippen LogP) is 5.47. The van der Waals surface area contributed by atoms with Gasteiger partial charge in [0.2, 0.25) is 0 Å². The normalized spacial score (nSPS) is 18.8. The maximum absolute atomic E-state index is 11.7. The van der Waals surface area contributed by atoms with Gasteiger partial charge in [-0.2, -0.15) is 0 Å². The molecular weight excluding hydrogens is 470 g/mol. The van der Waals surface area contributed by atoms with Crippen LogP contribution in [0.3, 0.4) is 0 Å². The molecule has 0 radical (unpaired) electrons. The predicted molar refractivity (Wildman–Crippen MR) is 142 cm³/mol. The van der Waals surface area contributed by atoms with Crippen LogP contribution in [0, 0.1) is 13.8 Å². The second-order valence-electron chi connectivity index (χ2n) is 10.5. The van der Waals surface area contributed by atoms with Gasteiger partial charge >= 0.3 is 5.97 Å². The lowest BCUT2D eigenvalue weighted by atomic mass is 9.90. The summed E-state index contributed by atoms with van der Waals surface area (Å²) < 4.78 is 17.9. The van der Waals surface area contributed by atoms with Crippen LogP contribution in [0.1, 0.15) is 68.2 Å². The van der Waals surface area contributed by atoms with Crippen molar-refractivity contribution in [3.8, 4) is 17.2 Å². The van der Waals surface area contributed by atoms with Crippen molar-refractivity contribution in [1.82, 2.24) is 0 Å². The molecule has 1 amide bonds. The number of benzene rings is 2. The minimum atomic E-state index is -1.10. The van der Waals surface area contributed by atoms with Gasteiger partial charge in [-0.3, -0.25) is 9.59 Å². The Hall–Kier alpha value is -3.74. The van der Waals surface area contributed by atoms with Crippen LogP contribution in [0.5, 0.6) is 17.2 Å². The highest BCUT2D eigenvalue weighted by atomic mass is 16.5. The molecular formula is C30H35NO6. The van der Waals surface area contributed by atoms with Gasteiger partial charge in [-0.05, 0) is 99.1 Å². The van der Waals surface area contributed by atoms with E-state index in [4.69, 9.17) is 25.1 Å². The fourth-order valence-electron chi connectivity index (χ4n) is 5.25. The molecule has 1 aliphatic carbocycles. The number of rotatable bonds is 9. The summed E-state index contributed by atoms with van der Waals surface area (Å²) in [6.45, 7) is 14.2. The van der Waals surface area contributed by atoms with Gasteiger partial charge in [0.25, 0.3) is 5.91 Å². The van der Waals surface area contributed by atoms with Gasteiger partial charge in [0.05, 0.1) is 13.0 Å². The zero-order valence-electron chi connectivity index (χ0n) is 22.1. The van der Waals surface area contributed by atoms with Crippen LogP contribution in [-0.4, -0.2) is 35.3 Å². The summed E-state index contributed by atoms with van der Waals surface area (Å²) in [7, 11) is 0. The standard InChI is InChI=1S/C30H35NO6/c1-16-11-22(37-30(5,6)29(31)34)12-17(2)28(16)19(4)23-9-10-25(18(23)3)36-21-7-8-24-20(13-27(32)33)15-35-26(24)14-21/h7-8,11-12,14,20,25H,4,9-10,13,15H2,1-3,5-6H3,(H2,31,34)(H,32,33)/t20-,25-/m1/s1. The molecule has 1 heterocycles. The summed E-state index contributed by atoms with van der Waals surface area (Å²) in [4.78, 5) is 22.8. The van der Waals surface area contributed by atoms with Crippen LogP contribution < -0.4 is 19.9 Å². The quantitative estimate of drug-likeness (QED) is 0.468. The van der Waals surface area contributed by atoms with Crippen molar-refractivity contribution in [2.75, 3.05) is 6.61 Å². The van der Waals surface area contributed by atoms with E-state index in [9.17, 15) is 9.59 Å². The van der Waals surface area contributed by atoms with E-state index >= 15 is 0 Å². The van der Waals surface area contributed by atoms with E-state index in [1.807, 2.05) is 44.2 Å². The minimum absolute atomic E-state index is 0.0536. The van der Waals surface area contributed by atoms with Gasteiger partial charge in [0.15, 0.2) is 5.60 Å². The van der Waals surface area contributed by atoms with E-state index in [0.717, 1.165) is 46.2 Å². The number of carbonyl (C=O) groups excluding carboxylic acids is 1. The first kappa shape index (κ1) is 26.3. The highest BCUT2D eigenvalue weighted by Gasteiger charge is 2.30. The number of aliphatic carboxylic acids is 1. The molecule has 7 heteroatoms. The number of amides is 1. The molecule has 0 saturated carbocycles. The molecule has 0 unspecified atom stereocenters. The molecule has 0 spiro atoms. The van der Waals surface area contributed by atoms with Crippen molar-refractivity contribution >= 4 is 17.4 Å². The van der Waals surface area contributed by atoms with Crippen LogP contribution in [0.25, 0.3) is 5.57 Å². The molecule has 0 fully saturated rings. The first-order chi connectivity index (χ1) is 17.4. The Morgan fingerprint density at radius 2 is 1.81 bits per heavy atom. The summed E-state index contributed by atoms with van der Waals surface area (Å²) in [5.41, 5.74) is 11.7. The van der Waals surface area contributed by atoms with E-state index in [0.29, 0.717) is 23.9 Å². The third-order valence-corrected chi connectivity index (χ3v) is 7.32. The van der Waals surface area contributed by atoms with Crippen LogP contribution in [0.2, 0.25) is 0 Å². The second kappa shape index (κ2) is 9.96. The van der Waals surface area contributed by atoms with Crippen molar-refractivity contribution in [3.63, 3.8) is 0 Å². The molecule has 2 atom stereocenters. The Morgan fingerprint density at radius 3 is 2.43 bits per heavy atom. The lowest BCUT2D eigenvalue weighted by Crippen LogP contribution is -2.43. The summed E-state index contributed by atoms with van der Waals surface area (Å²) in [5.74, 6) is 0.512. The van der Waals surface area contributed by atoms with Crippen molar-refractivity contribution < 1.29 is 28.9 Å². The van der Waals surface area contributed by atoms with Crippen molar-refractivity contribution in [2.45, 2.75) is 71.5 Å². The van der Waals surface area contributed by atoms with E-state index in [1.165, 1.54) is 5.57 Å². The number of fused-ring (bicyclic) bond motifs is 1. The zero-order chi connectivity index (χ0) is 27.1. The molecule has 0 bridgehead atoms. The average molecular weight is 506 g/mol. The fraction of sp³-hybridized carbons (Fsp3) is 0.400. The molecule has 2 aromatic carbocycles. The third kappa shape index (κ3) is 5.36. The van der Waals surface area contributed by atoms with Gasteiger partial charge in [-0.15, -0.1) is 0 Å². The topological polar surface area (TPSA) is 108 Å². The lowest BCUT2D eigenvalue weighted by molar-refractivity contribution is -0.137. The molecule has 4 rings (SSSR count). The molecule has 3 N–H and O–H groups in total. The number of hydrogen-bond donors (Lipinski definition) is 2. The number of carbonyl (C=O) groups is 2. The number of allylic oxidation sites excluding steroid dienone is 2. The van der Waals surface area contributed by atoms with E-state index in [-0.39, 0.29) is 18.4 Å². The van der Waals surface area contributed by atoms with Crippen LogP contribution >= 0.6 is 0 Å². The monoisotopic (exact) mass is 505 g/mol. The first-order valence-electron chi connectivity index (χ1n) is 12.5. The van der Waals surface area contributed by atoms with E-state index < -0.39 is 17.5 Å². The Bertz CT molecular complexity index is 1280. The van der Waals surface area contributed by atoms with Crippen LogP contribution in [-0.2, 0) is 9.59 Å². The molecule has 1 aliphatic heterocycles. The Labute approximate surface area is 217 Å². The molecule has 7 nitrogen and oxygen atoms in total. The average Bonchev–Trinajstić information content (AvgIpc) is 3.35. The van der Waals surface area contributed by atoms with Crippen molar-refractivity contribution in [3.05, 3.63) is 70.3 Å². The van der Waals surface area contributed by atoms with E-state index in [1.54, 1.807) is 13.8 Å². The zero-order valence-corrected chi connectivity index (χ0v) is 22.1. The highest BCUT2D eigenvalue weighted by molar-refractivity contribution is 5.84. The number of primary amides is 1.